The molecule has 59 heavy (non-hydrogen) atoms. The first-order chi connectivity index (χ1) is 28.7. The Morgan fingerprint density at radius 2 is 1.68 bits per heavy atom. The summed E-state index contributed by atoms with van der Waals surface area (Å²) in [6, 6.07) is 16.9. The van der Waals surface area contributed by atoms with Crippen LogP contribution in [-0.2, 0) is 30.8 Å². The number of imide groups is 1. The summed E-state index contributed by atoms with van der Waals surface area (Å²) in [6.07, 6.45) is 10.7. The number of amides is 3. The Morgan fingerprint density at radius 1 is 0.898 bits per heavy atom. The Bertz CT molecular complexity index is 2270. The highest BCUT2D eigenvalue weighted by atomic mass is 16.5. The molecule has 15 nitrogen and oxygen atoms in total. The van der Waals surface area contributed by atoms with Crippen LogP contribution in [-0.4, -0.2) is 127 Å². The van der Waals surface area contributed by atoms with Gasteiger partial charge < -0.3 is 38.4 Å². The summed E-state index contributed by atoms with van der Waals surface area (Å²) < 4.78 is 24.3. The summed E-state index contributed by atoms with van der Waals surface area (Å²) in [5.74, 6) is -0.586. The number of carbonyl (C=O) groups excluding carboxylic acids is 4. The third-order valence-corrected chi connectivity index (χ3v) is 11.0. The van der Waals surface area contributed by atoms with E-state index >= 15 is 0 Å². The second kappa shape index (κ2) is 19.3. The Labute approximate surface area is 342 Å². The van der Waals surface area contributed by atoms with Gasteiger partial charge in [-0.1, -0.05) is 12.1 Å². The number of nitrogens with zero attached hydrogens (tertiary/aromatic N) is 5. The molecule has 0 bridgehead atoms. The Hall–Kier alpha value is -5.74. The lowest BCUT2D eigenvalue weighted by molar-refractivity contribution is -0.136. The Balaban J connectivity index is 0.000000186. The van der Waals surface area contributed by atoms with Crippen LogP contribution in [0, 0.1) is 0 Å². The highest BCUT2D eigenvalue weighted by molar-refractivity contribution is 6.09. The second-order valence-electron chi connectivity index (χ2n) is 14.9. The topological polar surface area (TPSA) is 175 Å². The predicted molar refractivity (Wildman–Crippen MR) is 220 cm³/mol. The van der Waals surface area contributed by atoms with Crippen molar-refractivity contribution in [3.63, 3.8) is 0 Å². The molecular formula is C44H50N6O9. The lowest BCUT2D eigenvalue weighted by Gasteiger charge is -2.41. The van der Waals surface area contributed by atoms with E-state index in [-0.39, 0.29) is 42.6 Å². The standard InChI is InChI=1S/C23H31N3O8.C21H19N3O/c1-25(20-4-5-21(29)24-22(20)30)23(31)19-3-2-17(12-16(19)15-28)26-13-18(14-26)34-11-10-33-9-8-32-7-6-27;1-24-19-9-10-22-13-18(19)17-7-5-14(11-20(17)24)15-6-8-21(23-12-15)25-16-3-2-4-16/h2-3,12,15,18,20,27H,4-11,13-14H2,1H3,(H,24,29,30);5-13,16H,2-4H2,1H3. The number of aryl methyl sites for hydroxylation is 1. The smallest absolute Gasteiger partial charge is 0.255 e. The first kappa shape index (κ1) is 41.4. The van der Waals surface area contributed by atoms with Gasteiger partial charge >= 0.3 is 0 Å². The van der Waals surface area contributed by atoms with Crippen molar-refractivity contribution in [1.29, 1.82) is 0 Å². The molecule has 15 heteroatoms. The molecule has 2 aromatic carbocycles. The van der Waals surface area contributed by atoms with Gasteiger partial charge in [-0.15, -0.1) is 0 Å². The molecule has 2 aliphatic heterocycles. The molecule has 1 saturated carbocycles. The largest absolute Gasteiger partial charge is 0.474 e. The van der Waals surface area contributed by atoms with Crippen molar-refractivity contribution in [2.75, 3.05) is 64.7 Å². The molecule has 1 unspecified atom stereocenters. The number of hydrogen-bond acceptors (Lipinski definition) is 12. The molecule has 3 amide bonds. The molecule has 2 saturated heterocycles. The highest BCUT2D eigenvalue weighted by Crippen LogP contribution is 2.32. The van der Waals surface area contributed by atoms with Gasteiger partial charge in [-0.05, 0) is 67.6 Å². The molecule has 3 fully saturated rings. The van der Waals surface area contributed by atoms with E-state index in [1.165, 1.54) is 40.2 Å². The molecule has 3 aliphatic rings. The number of aliphatic hydroxyl groups excluding tert-OH is 1. The summed E-state index contributed by atoms with van der Waals surface area (Å²) in [6.45, 7) is 3.38. The summed E-state index contributed by atoms with van der Waals surface area (Å²) in [7, 11) is 3.59. The summed E-state index contributed by atoms with van der Waals surface area (Å²) in [5.41, 5.74) is 5.92. The number of fused-ring (bicyclic) bond motifs is 3. The molecule has 8 rings (SSSR count). The van der Waals surface area contributed by atoms with Crippen LogP contribution in [0.2, 0.25) is 0 Å². The zero-order chi connectivity index (χ0) is 41.3. The van der Waals surface area contributed by atoms with Gasteiger partial charge in [0.25, 0.3) is 5.91 Å². The van der Waals surface area contributed by atoms with Gasteiger partial charge in [0, 0.05) is 91.4 Å². The molecular weight excluding hydrogens is 757 g/mol. The monoisotopic (exact) mass is 806 g/mol. The van der Waals surface area contributed by atoms with Crippen molar-refractivity contribution in [2.24, 2.45) is 7.05 Å². The van der Waals surface area contributed by atoms with Crippen LogP contribution < -0.4 is 15.0 Å². The van der Waals surface area contributed by atoms with Crippen molar-refractivity contribution >= 4 is 51.5 Å². The Kier molecular flexibility index (Phi) is 13.6. The quantitative estimate of drug-likeness (QED) is 0.0823. The highest BCUT2D eigenvalue weighted by Gasteiger charge is 2.34. The van der Waals surface area contributed by atoms with Crippen LogP contribution in [0.15, 0.2) is 73.2 Å². The summed E-state index contributed by atoms with van der Waals surface area (Å²) in [4.78, 5) is 60.2. The number of rotatable bonds is 16. The van der Waals surface area contributed by atoms with Gasteiger partial charge in [0.2, 0.25) is 17.7 Å². The molecule has 3 aromatic heterocycles. The van der Waals surface area contributed by atoms with E-state index in [0.29, 0.717) is 58.5 Å². The minimum Gasteiger partial charge on any atom is -0.474 e. The zero-order valence-corrected chi connectivity index (χ0v) is 33.4. The number of pyridine rings is 2. The number of benzene rings is 2. The molecule has 0 spiro atoms. The van der Waals surface area contributed by atoms with E-state index in [1.807, 2.05) is 29.6 Å². The van der Waals surface area contributed by atoms with Crippen LogP contribution >= 0.6 is 0 Å². The minimum absolute atomic E-state index is 0.00588. The number of aldehydes is 1. The number of nitrogens with one attached hydrogen (secondary N) is 1. The number of aliphatic hydroxyl groups is 1. The maximum atomic E-state index is 13.0. The number of hydrogen-bond donors (Lipinski definition) is 2. The van der Waals surface area contributed by atoms with E-state index < -0.39 is 17.9 Å². The molecule has 2 N–H and O–H groups in total. The zero-order valence-electron chi connectivity index (χ0n) is 33.4. The van der Waals surface area contributed by atoms with Crippen molar-refractivity contribution in [1.82, 2.24) is 24.8 Å². The predicted octanol–water partition coefficient (Wildman–Crippen LogP) is 4.33. The number of piperidine rings is 1. The first-order valence-electron chi connectivity index (χ1n) is 20.0. The van der Waals surface area contributed by atoms with Gasteiger partial charge in [-0.25, -0.2) is 4.98 Å². The van der Waals surface area contributed by atoms with Crippen LogP contribution in [0.5, 0.6) is 5.88 Å². The average Bonchev–Trinajstić information content (AvgIpc) is 3.51. The van der Waals surface area contributed by atoms with Crippen molar-refractivity contribution < 1.29 is 43.2 Å². The molecule has 0 radical (unpaired) electrons. The van der Waals surface area contributed by atoms with Crippen LogP contribution in [0.1, 0.15) is 52.8 Å². The third-order valence-electron chi connectivity index (χ3n) is 11.0. The molecule has 1 atom stereocenters. The van der Waals surface area contributed by atoms with E-state index in [1.54, 1.807) is 18.2 Å². The summed E-state index contributed by atoms with van der Waals surface area (Å²) in [5, 5.41) is 13.3. The average molecular weight is 807 g/mol. The minimum atomic E-state index is -0.755. The van der Waals surface area contributed by atoms with E-state index in [0.717, 1.165) is 35.5 Å². The SMILES string of the molecule is CN(C(=O)c1ccc(N2CC(OCCOCCOCCO)C2)cc1C=O)C1CCC(=O)NC1=O.Cn1c2ccncc2c2ccc(-c3ccc(OC4CCC4)nc3)cc21. The Morgan fingerprint density at radius 3 is 2.39 bits per heavy atom. The summed E-state index contributed by atoms with van der Waals surface area (Å²) >= 11 is 0. The first-order valence-corrected chi connectivity index (χ1v) is 20.0. The van der Waals surface area contributed by atoms with Gasteiger partial charge in [0.1, 0.15) is 12.1 Å². The number of ether oxygens (including phenoxy) is 4. The maximum absolute atomic E-state index is 13.0. The fourth-order valence-electron chi connectivity index (χ4n) is 7.35. The maximum Gasteiger partial charge on any atom is 0.255 e. The molecule has 1 aliphatic carbocycles. The van der Waals surface area contributed by atoms with E-state index in [2.05, 4.69) is 57.2 Å². The second-order valence-corrected chi connectivity index (χ2v) is 14.9. The lowest BCUT2D eigenvalue weighted by Crippen LogP contribution is -2.53. The van der Waals surface area contributed by atoms with Crippen molar-refractivity contribution in [3.8, 4) is 17.0 Å². The van der Waals surface area contributed by atoms with Crippen LogP contribution in [0.4, 0.5) is 5.69 Å². The number of aromatic nitrogens is 3. The fraction of sp³-hybridized carbons (Fsp3) is 0.409. The molecule has 310 valence electrons. The van der Waals surface area contributed by atoms with Gasteiger partial charge in [-0.3, -0.25) is 29.5 Å². The van der Waals surface area contributed by atoms with E-state index in [9.17, 15) is 19.2 Å². The van der Waals surface area contributed by atoms with Gasteiger partial charge in [0.15, 0.2) is 6.29 Å². The fourth-order valence-corrected chi connectivity index (χ4v) is 7.35. The molecule has 5 heterocycles. The van der Waals surface area contributed by atoms with Crippen molar-refractivity contribution in [2.45, 2.75) is 50.4 Å². The van der Waals surface area contributed by atoms with Crippen LogP contribution in [0.3, 0.4) is 0 Å². The normalized spacial score (nSPS) is 16.9. The van der Waals surface area contributed by atoms with E-state index in [4.69, 9.17) is 24.1 Å². The van der Waals surface area contributed by atoms with Crippen LogP contribution in [0.25, 0.3) is 32.9 Å². The van der Waals surface area contributed by atoms with Gasteiger partial charge in [0.05, 0.1) is 56.8 Å². The number of anilines is 1. The third kappa shape index (κ3) is 9.77. The lowest BCUT2D eigenvalue weighted by atomic mass is 9.96. The van der Waals surface area contributed by atoms with Crippen molar-refractivity contribution in [3.05, 3.63) is 84.3 Å². The van der Waals surface area contributed by atoms with Gasteiger partial charge in [-0.2, -0.15) is 0 Å². The number of carbonyl (C=O) groups is 4. The number of likely N-dealkylation sites (N-methyl/N-ethyl adjacent to an activating group) is 1. The molecule has 5 aromatic rings.